The predicted octanol–water partition coefficient (Wildman–Crippen LogP) is 3.13. The molecule has 38 heavy (non-hydrogen) atoms. The molecule has 2 aliphatic rings. The molecular formula is C27H39N3O8. The van der Waals surface area contributed by atoms with Crippen molar-refractivity contribution in [3.8, 4) is 0 Å². The summed E-state index contributed by atoms with van der Waals surface area (Å²) in [6.07, 6.45) is 6.86. The predicted molar refractivity (Wildman–Crippen MR) is 138 cm³/mol. The second-order valence-electron chi connectivity index (χ2n) is 10.2. The molecule has 210 valence electrons. The summed E-state index contributed by atoms with van der Waals surface area (Å²) in [5.41, 5.74) is 1.05. The van der Waals surface area contributed by atoms with E-state index in [9.17, 15) is 29.6 Å². The van der Waals surface area contributed by atoms with Gasteiger partial charge in [-0.25, -0.2) is 4.79 Å². The second-order valence-corrected chi connectivity index (χ2v) is 10.2. The number of ether oxygens (including phenoxy) is 1. The average molecular weight is 534 g/mol. The average Bonchev–Trinajstić information content (AvgIpc) is 3.30. The molecule has 3 rings (SSSR count). The molecular weight excluding hydrogens is 494 g/mol. The Labute approximate surface area is 223 Å². The van der Waals surface area contributed by atoms with Crippen molar-refractivity contribution in [2.75, 3.05) is 13.2 Å². The number of fused-ring (bicyclic) bond motifs is 1. The lowest BCUT2D eigenvalue weighted by Gasteiger charge is -2.35. The standard InChI is InChI=1S/C27H39N3O8/c1-19(25(31)29-23-13-7-6-12-21(23)18-24(29)26(32)33)28-22(15-14-20-10-4-2-5-11-20)27(34)37-16-8-3-9-17-38-30(35)36/h2,4-5,10-11,19,21-24,28H,3,6-9,12-18H2,1H3,(H,32,33). The maximum atomic E-state index is 13.5. The highest BCUT2D eigenvalue weighted by Crippen LogP contribution is 2.40. The van der Waals surface area contributed by atoms with Gasteiger partial charge in [-0.3, -0.25) is 14.9 Å². The molecule has 1 heterocycles. The van der Waals surface area contributed by atoms with Gasteiger partial charge in [-0.2, -0.15) is 0 Å². The summed E-state index contributed by atoms with van der Waals surface area (Å²) < 4.78 is 5.48. The van der Waals surface area contributed by atoms with E-state index in [-0.39, 0.29) is 31.1 Å². The Morgan fingerprint density at radius 3 is 2.55 bits per heavy atom. The quantitative estimate of drug-likeness (QED) is 0.150. The molecule has 1 aromatic rings. The number of carboxylic acid groups (broad SMARTS) is 1. The van der Waals surface area contributed by atoms with Gasteiger partial charge in [0.05, 0.1) is 19.3 Å². The fourth-order valence-corrected chi connectivity index (χ4v) is 5.61. The molecule has 1 amide bonds. The van der Waals surface area contributed by atoms with E-state index >= 15 is 0 Å². The van der Waals surface area contributed by atoms with E-state index in [1.54, 1.807) is 11.8 Å². The number of rotatable bonds is 15. The first kappa shape index (κ1) is 29.3. The van der Waals surface area contributed by atoms with Gasteiger partial charge in [0.2, 0.25) is 5.91 Å². The van der Waals surface area contributed by atoms with Crippen molar-refractivity contribution in [1.29, 1.82) is 0 Å². The van der Waals surface area contributed by atoms with Gasteiger partial charge in [-0.05, 0) is 69.8 Å². The Hall–Kier alpha value is -3.21. The third-order valence-corrected chi connectivity index (χ3v) is 7.53. The van der Waals surface area contributed by atoms with Gasteiger partial charge in [-0.15, -0.1) is 10.1 Å². The number of carboxylic acids is 1. The Kier molecular flexibility index (Phi) is 11.3. The number of esters is 1. The lowest BCUT2D eigenvalue weighted by Crippen LogP contribution is -2.55. The van der Waals surface area contributed by atoms with Crippen LogP contribution in [-0.4, -0.2) is 70.3 Å². The number of nitrogens with one attached hydrogen (secondary N) is 1. The maximum absolute atomic E-state index is 13.5. The van der Waals surface area contributed by atoms with Crippen LogP contribution in [0.3, 0.4) is 0 Å². The number of carbonyl (C=O) groups is 3. The van der Waals surface area contributed by atoms with E-state index in [2.05, 4.69) is 10.2 Å². The molecule has 0 aromatic heterocycles. The number of carbonyl (C=O) groups excluding carboxylic acids is 2. The van der Waals surface area contributed by atoms with Crippen LogP contribution in [0.5, 0.6) is 0 Å². The minimum atomic E-state index is -0.983. The number of likely N-dealkylation sites (tertiary alicyclic amines) is 1. The zero-order valence-corrected chi connectivity index (χ0v) is 22.0. The fraction of sp³-hybridized carbons (Fsp3) is 0.667. The van der Waals surface area contributed by atoms with E-state index in [1.807, 2.05) is 30.3 Å². The molecule has 1 aliphatic carbocycles. The number of benzene rings is 1. The molecule has 2 fully saturated rings. The molecule has 2 N–H and O–H groups in total. The smallest absolute Gasteiger partial charge is 0.326 e. The molecule has 5 unspecified atom stereocenters. The first-order chi connectivity index (χ1) is 18.3. The monoisotopic (exact) mass is 533 g/mol. The van der Waals surface area contributed by atoms with Crippen LogP contribution in [0, 0.1) is 16.0 Å². The second kappa shape index (κ2) is 14.7. The van der Waals surface area contributed by atoms with Crippen LogP contribution in [0.4, 0.5) is 0 Å². The van der Waals surface area contributed by atoms with Gasteiger partial charge in [0, 0.05) is 6.04 Å². The van der Waals surface area contributed by atoms with Crippen molar-refractivity contribution >= 4 is 17.8 Å². The van der Waals surface area contributed by atoms with Gasteiger partial charge in [0.15, 0.2) is 0 Å². The van der Waals surface area contributed by atoms with Crippen LogP contribution < -0.4 is 5.32 Å². The summed E-state index contributed by atoms with van der Waals surface area (Å²) in [5, 5.41) is 22.3. The SMILES string of the molecule is CC(NC(CCc1ccccc1)C(=O)OCCCCCO[N+](=O)[O-])C(=O)N1C(C(=O)O)CC2CCCCC21. The summed E-state index contributed by atoms with van der Waals surface area (Å²) in [6, 6.07) is 7.27. The van der Waals surface area contributed by atoms with E-state index in [0.29, 0.717) is 38.5 Å². The molecule has 0 spiro atoms. The van der Waals surface area contributed by atoms with Crippen LogP contribution in [0.1, 0.15) is 70.3 Å². The third-order valence-electron chi connectivity index (χ3n) is 7.53. The number of amides is 1. The van der Waals surface area contributed by atoms with Gasteiger partial charge in [0.25, 0.3) is 5.09 Å². The number of hydrogen-bond acceptors (Lipinski definition) is 8. The first-order valence-corrected chi connectivity index (χ1v) is 13.6. The van der Waals surface area contributed by atoms with E-state index in [1.165, 1.54) is 0 Å². The van der Waals surface area contributed by atoms with Crippen molar-refractivity contribution in [2.45, 2.75) is 95.3 Å². The summed E-state index contributed by atoms with van der Waals surface area (Å²) in [4.78, 5) is 54.6. The number of hydrogen-bond donors (Lipinski definition) is 2. The van der Waals surface area contributed by atoms with Crippen LogP contribution in [0.2, 0.25) is 0 Å². The van der Waals surface area contributed by atoms with E-state index in [0.717, 1.165) is 31.2 Å². The molecule has 11 heteroatoms. The molecule has 1 saturated heterocycles. The van der Waals surface area contributed by atoms with Crippen LogP contribution in [0.15, 0.2) is 30.3 Å². The Morgan fingerprint density at radius 1 is 1.13 bits per heavy atom. The van der Waals surface area contributed by atoms with Crippen LogP contribution >= 0.6 is 0 Å². The first-order valence-electron chi connectivity index (χ1n) is 13.6. The van der Waals surface area contributed by atoms with Gasteiger partial charge in [0.1, 0.15) is 12.1 Å². The normalized spacial score (nSPS) is 22.2. The largest absolute Gasteiger partial charge is 0.480 e. The van der Waals surface area contributed by atoms with E-state index < -0.39 is 35.2 Å². The minimum Gasteiger partial charge on any atom is -0.480 e. The lowest BCUT2D eigenvalue weighted by molar-refractivity contribution is -0.757. The number of aryl methyl sites for hydroxylation is 1. The molecule has 5 atom stereocenters. The molecule has 1 aromatic carbocycles. The van der Waals surface area contributed by atoms with Crippen LogP contribution in [0.25, 0.3) is 0 Å². The molecule has 0 bridgehead atoms. The number of unbranched alkanes of at least 4 members (excludes halogenated alkanes) is 2. The highest BCUT2D eigenvalue weighted by Gasteiger charge is 2.48. The summed E-state index contributed by atoms with van der Waals surface area (Å²) in [6.45, 7) is 1.83. The Bertz CT molecular complexity index is 944. The summed E-state index contributed by atoms with van der Waals surface area (Å²) >= 11 is 0. The number of aliphatic carboxylic acids is 1. The highest BCUT2D eigenvalue weighted by atomic mass is 16.9. The van der Waals surface area contributed by atoms with Crippen molar-refractivity contribution < 1.29 is 34.2 Å². The van der Waals surface area contributed by atoms with Crippen molar-refractivity contribution in [1.82, 2.24) is 10.2 Å². The highest BCUT2D eigenvalue weighted by molar-refractivity contribution is 5.88. The zero-order valence-electron chi connectivity index (χ0n) is 22.0. The van der Waals surface area contributed by atoms with E-state index in [4.69, 9.17) is 4.74 Å². The van der Waals surface area contributed by atoms with Crippen molar-refractivity contribution in [3.05, 3.63) is 46.0 Å². The van der Waals surface area contributed by atoms with Crippen molar-refractivity contribution in [3.63, 3.8) is 0 Å². The third kappa shape index (κ3) is 8.41. The van der Waals surface area contributed by atoms with Gasteiger partial charge >= 0.3 is 11.9 Å². The molecule has 11 nitrogen and oxygen atoms in total. The zero-order chi connectivity index (χ0) is 27.5. The van der Waals surface area contributed by atoms with Gasteiger partial charge < -0.3 is 19.6 Å². The maximum Gasteiger partial charge on any atom is 0.326 e. The Morgan fingerprint density at radius 2 is 1.84 bits per heavy atom. The lowest BCUT2D eigenvalue weighted by atomic mass is 9.84. The molecule has 1 saturated carbocycles. The van der Waals surface area contributed by atoms with Crippen molar-refractivity contribution in [2.24, 2.45) is 5.92 Å². The van der Waals surface area contributed by atoms with Gasteiger partial charge in [-0.1, -0.05) is 43.2 Å². The topological polar surface area (TPSA) is 148 Å². The Balaban J connectivity index is 1.60. The minimum absolute atomic E-state index is 0.00246. The number of nitrogens with zero attached hydrogens (tertiary/aromatic N) is 2. The summed E-state index contributed by atoms with van der Waals surface area (Å²) in [5.74, 6) is -1.55. The fourth-order valence-electron chi connectivity index (χ4n) is 5.61. The molecule has 0 radical (unpaired) electrons. The summed E-state index contributed by atoms with van der Waals surface area (Å²) in [7, 11) is 0. The molecule has 1 aliphatic heterocycles. The van der Waals surface area contributed by atoms with Crippen LogP contribution in [-0.2, 0) is 30.4 Å².